The van der Waals surface area contributed by atoms with E-state index in [0.717, 1.165) is 0 Å². The summed E-state index contributed by atoms with van der Waals surface area (Å²) < 4.78 is 33.3. The van der Waals surface area contributed by atoms with Crippen LogP contribution in [0.15, 0.2) is 12.2 Å². The van der Waals surface area contributed by atoms with Gasteiger partial charge in [-0.3, -0.25) is 19.2 Å². The fourth-order valence-electron chi connectivity index (χ4n) is 3.73. The Hall–Kier alpha value is -3.48. The van der Waals surface area contributed by atoms with Crippen LogP contribution in [0.2, 0.25) is 0 Å². The standard InChI is InChI=1S/C27H40O13/c1-5-9-20(30)35-15-17-25(38-22(32)10-6-2)27(40-24(34)12-8-4)26(39-23(33)11-7-3)18(37-17)16-36-21(31)14-13-19(28)29/h13-14,17-18,25-27H,5-12,15-16H2,1-4H3,(H,28,29)/b14-13+/t17-,18+,25-,26-,27+/m1/s1. The lowest BCUT2D eigenvalue weighted by Crippen LogP contribution is -2.63. The molecule has 1 aliphatic rings. The first kappa shape index (κ1) is 34.5. The molecule has 0 spiro atoms. The van der Waals surface area contributed by atoms with Gasteiger partial charge in [-0.15, -0.1) is 0 Å². The van der Waals surface area contributed by atoms with Crippen molar-refractivity contribution in [2.75, 3.05) is 13.2 Å². The maximum Gasteiger partial charge on any atom is 0.331 e. The van der Waals surface area contributed by atoms with Gasteiger partial charge in [0.15, 0.2) is 18.3 Å². The molecule has 1 saturated heterocycles. The molecule has 0 aromatic rings. The summed E-state index contributed by atoms with van der Waals surface area (Å²) in [4.78, 5) is 72.6. The van der Waals surface area contributed by atoms with Gasteiger partial charge in [0.1, 0.15) is 25.4 Å². The first-order valence-corrected chi connectivity index (χ1v) is 13.5. The first-order valence-electron chi connectivity index (χ1n) is 13.5. The topological polar surface area (TPSA) is 178 Å². The lowest BCUT2D eigenvalue weighted by molar-refractivity contribution is -0.259. The molecule has 0 saturated carbocycles. The van der Waals surface area contributed by atoms with Crippen molar-refractivity contribution >= 4 is 35.8 Å². The molecule has 1 fully saturated rings. The molecule has 1 aliphatic heterocycles. The number of carboxylic acids is 1. The van der Waals surface area contributed by atoms with Gasteiger partial charge < -0.3 is 33.5 Å². The van der Waals surface area contributed by atoms with Crippen molar-refractivity contribution in [3.8, 4) is 0 Å². The van der Waals surface area contributed by atoms with Crippen LogP contribution in [0.5, 0.6) is 0 Å². The molecule has 40 heavy (non-hydrogen) atoms. The van der Waals surface area contributed by atoms with E-state index >= 15 is 0 Å². The second-order valence-electron chi connectivity index (χ2n) is 9.06. The maximum absolute atomic E-state index is 12.6. The monoisotopic (exact) mass is 572 g/mol. The normalized spacial score (nSPS) is 22.2. The zero-order valence-electron chi connectivity index (χ0n) is 23.5. The highest BCUT2D eigenvalue weighted by atomic mass is 16.7. The second-order valence-corrected chi connectivity index (χ2v) is 9.06. The Balaban J connectivity index is 3.46. The molecule has 0 radical (unpaired) electrons. The van der Waals surface area contributed by atoms with E-state index < -0.39 is 79.5 Å². The van der Waals surface area contributed by atoms with E-state index in [4.69, 9.17) is 33.5 Å². The summed E-state index contributed by atoms with van der Waals surface area (Å²) in [6, 6.07) is 0. The van der Waals surface area contributed by atoms with E-state index in [1.807, 2.05) is 0 Å². The van der Waals surface area contributed by atoms with E-state index in [1.165, 1.54) is 0 Å². The second kappa shape index (κ2) is 18.7. The highest BCUT2D eigenvalue weighted by molar-refractivity contribution is 5.90. The summed E-state index contributed by atoms with van der Waals surface area (Å²) in [5.41, 5.74) is 0. The predicted molar refractivity (Wildman–Crippen MR) is 137 cm³/mol. The van der Waals surface area contributed by atoms with Gasteiger partial charge in [0.25, 0.3) is 0 Å². The number of hydrogen-bond acceptors (Lipinski definition) is 12. The Morgan fingerprint density at radius 2 is 1.00 bits per heavy atom. The SMILES string of the molecule is CCCC(=O)OC[C@H]1O[C@@H](COC(=O)/C=C/C(=O)O)[C@@H](OC(=O)CCC)[C@@H](OC(=O)CCC)[C@@H]1OC(=O)CCC. The number of carbonyl (C=O) groups is 6. The zero-order valence-corrected chi connectivity index (χ0v) is 23.5. The maximum atomic E-state index is 12.6. The van der Waals surface area contributed by atoms with Crippen LogP contribution < -0.4 is 0 Å². The molecule has 5 atom stereocenters. The molecule has 0 bridgehead atoms. The van der Waals surface area contributed by atoms with Crippen LogP contribution in [0.25, 0.3) is 0 Å². The minimum Gasteiger partial charge on any atom is -0.478 e. The molecule has 1 rings (SSSR count). The number of esters is 5. The fraction of sp³-hybridized carbons (Fsp3) is 0.704. The third-order valence-corrected chi connectivity index (χ3v) is 5.51. The number of carbonyl (C=O) groups excluding carboxylic acids is 5. The van der Waals surface area contributed by atoms with E-state index in [-0.39, 0.29) is 25.7 Å². The van der Waals surface area contributed by atoms with Gasteiger partial charge >= 0.3 is 35.8 Å². The van der Waals surface area contributed by atoms with Gasteiger partial charge in [-0.2, -0.15) is 0 Å². The molecule has 226 valence electrons. The Bertz CT molecular complexity index is 897. The first-order chi connectivity index (χ1) is 19.1. The number of rotatable bonds is 17. The van der Waals surface area contributed by atoms with Gasteiger partial charge in [0.2, 0.25) is 0 Å². The molecule has 13 nitrogen and oxygen atoms in total. The Labute approximate surface area is 233 Å². The third kappa shape index (κ3) is 12.6. The van der Waals surface area contributed by atoms with Crippen LogP contribution in [-0.2, 0) is 57.2 Å². The van der Waals surface area contributed by atoms with Crippen LogP contribution in [0.4, 0.5) is 0 Å². The predicted octanol–water partition coefficient (Wildman–Crippen LogP) is 2.42. The van der Waals surface area contributed by atoms with Gasteiger partial charge in [-0.05, 0) is 25.7 Å². The molecule has 0 aromatic heterocycles. The number of hydrogen-bond donors (Lipinski definition) is 1. The largest absolute Gasteiger partial charge is 0.478 e. The average Bonchev–Trinajstić information content (AvgIpc) is 2.88. The molecule has 13 heteroatoms. The summed E-state index contributed by atoms with van der Waals surface area (Å²) in [5.74, 6) is -4.90. The Kier molecular flexibility index (Phi) is 16.2. The van der Waals surface area contributed by atoms with Crippen molar-refractivity contribution in [1.82, 2.24) is 0 Å². The van der Waals surface area contributed by atoms with E-state index in [2.05, 4.69) is 0 Å². The van der Waals surface area contributed by atoms with E-state index in [0.29, 0.717) is 37.8 Å². The minimum atomic E-state index is -1.39. The Morgan fingerprint density at radius 1 is 0.600 bits per heavy atom. The van der Waals surface area contributed by atoms with Gasteiger partial charge in [0, 0.05) is 37.8 Å². The molecule has 0 amide bonds. The van der Waals surface area contributed by atoms with Crippen molar-refractivity contribution in [2.24, 2.45) is 0 Å². The minimum absolute atomic E-state index is 0.0122. The van der Waals surface area contributed by atoms with Crippen LogP contribution in [0.3, 0.4) is 0 Å². The van der Waals surface area contributed by atoms with E-state index in [9.17, 15) is 28.8 Å². The van der Waals surface area contributed by atoms with Gasteiger partial charge in [-0.1, -0.05) is 27.7 Å². The van der Waals surface area contributed by atoms with Crippen LogP contribution in [0.1, 0.15) is 79.1 Å². The molecule has 0 unspecified atom stereocenters. The van der Waals surface area contributed by atoms with Crippen molar-refractivity contribution in [3.05, 3.63) is 12.2 Å². The summed E-state index contributed by atoms with van der Waals surface area (Å²) >= 11 is 0. The number of carboxylic acid groups (broad SMARTS) is 1. The molecule has 1 N–H and O–H groups in total. The molecular weight excluding hydrogens is 532 g/mol. The fourth-order valence-corrected chi connectivity index (χ4v) is 3.73. The molecule has 0 aromatic carbocycles. The lowest BCUT2D eigenvalue weighted by atomic mass is 9.94. The van der Waals surface area contributed by atoms with Crippen LogP contribution in [-0.4, -0.2) is 84.7 Å². The highest BCUT2D eigenvalue weighted by Gasteiger charge is 2.53. The van der Waals surface area contributed by atoms with Crippen LogP contribution in [0, 0.1) is 0 Å². The van der Waals surface area contributed by atoms with Gasteiger partial charge in [-0.25, -0.2) is 9.59 Å². The average molecular weight is 573 g/mol. The van der Waals surface area contributed by atoms with Crippen molar-refractivity contribution in [3.63, 3.8) is 0 Å². The Morgan fingerprint density at radius 3 is 1.43 bits per heavy atom. The smallest absolute Gasteiger partial charge is 0.331 e. The molecular formula is C27H40O13. The van der Waals surface area contributed by atoms with E-state index in [1.54, 1.807) is 27.7 Å². The van der Waals surface area contributed by atoms with Crippen LogP contribution >= 0.6 is 0 Å². The highest BCUT2D eigenvalue weighted by Crippen LogP contribution is 2.30. The summed E-state index contributed by atoms with van der Waals surface area (Å²) in [6.45, 7) is 6.11. The summed E-state index contributed by atoms with van der Waals surface area (Å²) in [6.07, 6.45) is -3.21. The summed E-state index contributed by atoms with van der Waals surface area (Å²) in [7, 11) is 0. The van der Waals surface area contributed by atoms with Crippen molar-refractivity contribution < 1.29 is 62.3 Å². The summed E-state index contributed by atoms with van der Waals surface area (Å²) in [5, 5.41) is 8.74. The lowest BCUT2D eigenvalue weighted by Gasteiger charge is -2.44. The number of ether oxygens (including phenoxy) is 6. The van der Waals surface area contributed by atoms with Crippen molar-refractivity contribution in [2.45, 2.75) is 110 Å². The van der Waals surface area contributed by atoms with Gasteiger partial charge in [0.05, 0.1) is 0 Å². The molecule has 0 aliphatic carbocycles. The zero-order chi connectivity index (χ0) is 30.1. The molecule has 1 heterocycles. The van der Waals surface area contributed by atoms with Crippen molar-refractivity contribution in [1.29, 1.82) is 0 Å². The third-order valence-electron chi connectivity index (χ3n) is 5.51. The quantitative estimate of drug-likeness (QED) is 0.153. The number of aliphatic carboxylic acids is 1.